The fourth-order valence-electron chi connectivity index (χ4n) is 1.18. The van der Waals surface area contributed by atoms with E-state index in [0.717, 1.165) is 9.88 Å². The Morgan fingerprint density at radius 3 is 3.00 bits per heavy atom. The van der Waals surface area contributed by atoms with Gasteiger partial charge in [0, 0.05) is 23.7 Å². The Bertz CT molecular complexity index is 341. The monoisotopic (exact) mass is 243 g/mol. The first-order chi connectivity index (χ1) is 7.61. The molecule has 0 aromatic carbocycles. The molecule has 0 aliphatic carbocycles. The molecule has 0 fully saturated rings. The summed E-state index contributed by atoms with van der Waals surface area (Å²) in [5, 5.41) is 15.0. The van der Waals surface area contributed by atoms with Crippen LogP contribution in [0.15, 0.2) is 6.20 Å². The molecule has 1 aromatic rings. The molecule has 0 aliphatic rings. The van der Waals surface area contributed by atoms with Gasteiger partial charge in [-0.05, 0) is 20.3 Å². The molecule has 3 N–H and O–H groups in total. The number of aliphatic hydroxyl groups is 1. The van der Waals surface area contributed by atoms with E-state index in [1.165, 1.54) is 0 Å². The first-order valence-electron chi connectivity index (χ1n) is 5.18. The first-order valence-corrected chi connectivity index (χ1v) is 6.00. The minimum absolute atomic E-state index is 0.0250. The van der Waals surface area contributed by atoms with Crippen LogP contribution in [0.2, 0.25) is 0 Å². The van der Waals surface area contributed by atoms with Crippen molar-refractivity contribution in [2.75, 3.05) is 6.61 Å². The number of nitrogens with zero attached hydrogens (tertiary/aromatic N) is 1. The molecule has 0 radical (unpaired) electrons. The van der Waals surface area contributed by atoms with Crippen LogP contribution in [0.5, 0.6) is 0 Å². The van der Waals surface area contributed by atoms with Gasteiger partial charge in [0.1, 0.15) is 5.01 Å². The molecule has 0 spiro atoms. The van der Waals surface area contributed by atoms with Crippen LogP contribution in [0.25, 0.3) is 0 Å². The molecule has 1 aromatic heterocycles. The predicted molar refractivity (Wildman–Crippen MR) is 63.4 cm³/mol. The maximum absolute atomic E-state index is 11.4. The molecule has 1 heterocycles. The van der Waals surface area contributed by atoms with Gasteiger partial charge in [0.2, 0.25) is 0 Å². The second-order valence-corrected chi connectivity index (χ2v) is 4.92. The third-order valence-corrected chi connectivity index (χ3v) is 2.92. The minimum Gasteiger partial charge on any atom is -0.396 e. The van der Waals surface area contributed by atoms with Gasteiger partial charge in [-0.3, -0.25) is 0 Å². The van der Waals surface area contributed by atoms with Gasteiger partial charge < -0.3 is 15.7 Å². The normalized spacial score (nSPS) is 12.2. The average Bonchev–Trinajstić information content (AvgIpc) is 2.61. The molecule has 2 amide bonds. The Hall–Kier alpha value is -1.14. The molecule has 0 saturated heterocycles. The number of aliphatic hydroxyl groups excluding tert-OH is 1. The Morgan fingerprint density at radius 1 is 1.69 bits per heavy atom. The summed E-state index contributed by atoms with van der Waals surface area (Å²) in [4.78, 5) is 16.7. The molecule has 1 rings (SSSR count). The number of hydrogen-bond donors (Lipinski definition) is 3. The van der Waals surface area contributed by atoms with Gasteiger partial charge in [0.25, 0.3) is 0 Å². The van der Waals surface area contributed by atoms with E-state index in [9.17, 15) is 4.79 Å². The SMILES string of the molecule is Cc1cnc(CNC(=O)N[C@H](C)CCO)s1. The highest BCUT2D eigenvalue weighted by Crippen LogP contribution is 2.10. The fraction of sp³-hybridized carbons (Fsp3) is 0.600. The molecule has 90 valence electrons. The highest BCUT2D eigenvalue weighted by atomic mass is 32.1. The number of aryl methyl sites for hydroxylation is 1. The molecule has 0 unspecified atom stereocenters. The third-order valence-electron chi connectivity index (χ3n) is 2.01. The lowest BCUT2D eigenvalue weighted by Gasteiger charge is -2.12. The maximum atomic E-state index is 11.4. The number of amides is 2. The van der Waals surface area contributed by atoms with E-state index in [4.69, 9.17) is 5.11 Å². The van der Waals surface area contributed by atoms with Crippen molar-refractivity contribution in [1.82, 2.24) is 15.6 Å². The summed E-state index contributed by atoms with van der Waals surface area (Å²) in [5.74, 6) is 0. The summed E-state index contributed by atoms with van der Waals surface area (Å²) >= 11 is 1.57. The van der Waals surface area contributed by atoms with Crippen LogP contribution in [0, 0.1) is 6.92 Å². The van der Waals surface area contributed by atoms with Crippen molar-refractivity contribution >= 4 is 17.4 Å². The number of nitrogens with one attached hydrogen (secondary N) is 2. The van der Waals surface area contributed by atoms with Crippen LogP contribution in [0.3, 0.4) is 0 Å². The highest BCUT2D eigenvalue weighted by Gasteiger charge is 2.06. The van der Waals surface area contributed by atoms with Crippen molar-refractivity contribution in [2.45, 2.75) is 32.9 Å². The first kappa shape index (κ1) is 12.9. The number of hydrogen-bond acceptors (Lipinski definition) is 4. The van der Waals surface area contributed by atoms with Gasteiger partial charge in [-0.2, -0.15) is 0 Å². The number of aromatic nitrogens is 1. The third kappa shape index (κ3) is 4.59. The summed E-state index contributed by atoms with van der Waals surface area (Å²) in [6.07, 6.45) is 2.34. The summed E-state index contributed by atoms with van der Waals surface area (Å²) < 4.78 is 0. The van der Waals surface area contributed by atoms with Gasteiger partial charge >= 0.3 is 6.03 Å². The number of carbonyl (C=O) groups excluding carboxylic acids is 1. The van der Waals surface area contributed by atoms with E-state index in [-0.39, 0.29) is 18.7 Å². The second-order valence-electron chi connectivity index (χ2n) is 3.60. The summed E-state index contributed by atoms with van der Waals surface area (Å²) in [5.41, 5.74) is 0. The van der Waals surface area contributed by atoms with Crippen LogP contribution in [0.4, 0.5) is 4.79 Å². The predicted octanol–water partition coefficient (Wildman–Crippen LogP) is 1.02. The van der Waals surface area contributed by atoms with Crippen molar-refractivity contribution in [1.29, 1.82) is 0 Å². The highest BCUT2D eigenvalue weighted by molar-refractivity contribution is 7.11. The Balaban J connectivity index is 2.25. The molecule has 0 aliphatic heterocycles. The molecule has 6 heteroatoms. The van der Waals surface area contributed by atoms with Gasteiger partial charge in [-0.25, -0.2) is 9.78 Å². The zero-order valence-corrected chi connectivity index (χ0v) is 10.3. The zero-order valence-electron chi connectivity index (χ0n) is 9.49. The van der Waals surface area contributed by atoms with E-state index in [2.05, 4.69) is 15.6 Å². The van der Waals surface area contributed by atoms with Crippen molar-refractivity contribution in [3.63, 3.8) is 0 Å². The molecule has 16 heavy (non-hydrogen) atoms. The lowest BCUT2D eigenvalue weighted by atomic mass is 10.2. The lowest BCUT2D eigenvalue weighted by molar-refractivity contribution is 0.230. The minimum atomic E-state index is -0.228. The van der Waals surface area contributed by atoms with Gasteiger partial charge in [-0.1, -0.05) is 0 Å². The fourth-order valence-corrected chi connectivity index (χ4v) is 1.91. The van der Waals surface area contributed by atoms with E-state index < -0.39 is 0 Å². The molecule has 1 atom stereocenters. The Morgan fingerprint density at radius 2 is 2.44 bits per heavy atom. The van der Waals surface area contributed by atoms with Crippen molar-refractivity contribution in [3.05, 3.63) is 16.1 Å². The Labute approximate surface area is 98.9 Å². The summed E-state index contributed by atoms with van der Waals surface area (Å²) in [7, 11) is 0. The summed E-state index contributed by atoms with van der Waals surface area (Å²) in [6, 6.07) is -0.253. The van der Waals surface area contributed by atoms with Crippen molar-refractivity contribution in [3.8, 4) is 0 Å². The van der Waals surface area contributed by atoms with Crippen LogP contribution < -0.4 is 10.6 Å². The van der Waals surface area contributed by atoms with E-state index in [1.807, 2.05) is 13.8 Å². The lowest BCUT2D eigenvalue weighted by Crippen LogP contribution is -2.40. The molecular formula is C10H17N3O2S. The van der Waals surface area contributed by atoms with Crippen LogP contribution in [-0.4, -0.2) is 28.8 Å². The Kier molecular flexibility index (Phi) is 5.21. The van der Waals surface area contributed by atoms with Crippen molar-refractivity contribution < 1.29 is 9.90 Å². The zero-order chi connectivity index (χ0) is 12.0. The second kappa shape index (κ2) is 6.44. The average molecular weight is 243 g/mol. The standard InChI is InChI=1S/C10H17N3O2S/c1-7(3-4-14)13-10(15)12-6-9-11-5-8(2)16-9/h5,7,14H,3-4,6H2,1-2H3,(H2,12,13,15)/t7-/m1/s1. The smallest absolute Gasteiger partial charge is 0.315 e. The van der Waals surface area contributed by atoms with Crippen LogP contribution in [-0.2, 0) is 6.54 Å². The van der Waals surface area contributed by atoms with E-state index in [0.29, 0.717) is 13.0 Å². The number of urea groups is 1. The van der Waals surface area contributed by atoms with Crippen LogP contribution in [0.1, 0.15) is 23.2 Å². The molecule has 0 saturated carbocycles. The van der Waals surface area contributed by atoms with E-state index >= 15 is 0 Å². The molecule has 5 nitrogen and oxygen atoms in total. The number of thiazole rings is 1. The van der Waals surface area contributed by atoms with Crippen LogP contribution >= 0.6 is 11.3 Å². The number of carbonyl (C=O) groups is 1. The van der Waals surface area contributed by atoms with E-state index in [1.54, 1.807) is 17.5 Å². The largest absolute Gasteiger partial charge is 0.396 e. The van der Waals surface area contributed by atoms with Gasteiger partial charge in [0.05, 0.1) is 6.54 Å². The quantitative estimate of drug-likeness (QED) is 0.723. The number of rotatable bonds is 5. The molecule has 0 bridgehead atoms. The van der Waals surface area contributed by atoms with Gasteiger partial charge in [-0.15, -0.1) is 11.3 Å². The van der Waals surface area contributed by atoms with Gasteiger partial charge in [0.15, 0.2) is 0 Å². The molecular weight excluding hydrogens is 226 g/mol. The maximum Gasteiger partial charge on any atom is 0.315 e. The van der Waals surface area contributed by atoms with Crippen molar-refractivity contribution in [2.24, 2.45) is 0 Å². The summed E-state index contributed by atoms with van der Waals surface area (Å²) in [6.45, 7) is 4.34. The topological polar surface area (TPSA) is 74.2 Å².